The number of hydrogen-bond donors (Lipinski definition) is 2. The highest BCUT2D eigenvalue weighted by molar-refractivity contribution is 5.80. The molecule has 1 aliphatic rings. The van der Waals surface area contributed by atoms with E-state index in [-0.39, 0.29) is 23.7 Å². The molecular weight excluding hydrogens is 279 g/mol. The average Bonchev–Trinajstić information content (AvgIpc) is 3.09. The molecule has 0 aliphatic carbocycles. The maximum absolute atomic E-state index is 13.2. The fraction of sp³-hybridized carbons (Fsp3) is 0.278. The highest BCUT2D eigenvalue weighted by Gasteiger charge is 2.25. The minimum Gasteiger partial charge on any atom is -0.345 e. The maximum atomic E-state index is 13.2. The fourth-order valence-corrected chi connectivity index (χ4v) is 2.80. The molecule has 1 saturated heterocycles. The van der Waals surface area contributed by atoms with Crippen LogP contribution in [-0.4, -0.2) is 19.0 Å². The van der Waals surface area contributed by atoms with E-state index in [1.165, 1.54) is 12.1 Å². The Balaban J connectivity index is 1.86. The standard InChI is InChI=1S/C18H19FN2O/c19-16-8-6-14(7-9-16)17(13-4-2-1-3-5-13)21-18(22)15-10-11-20-12-15/h1-9,15,17,20H,10-12H2,(H,21,22). The van der Waals surface area contributed by atoms with Gasteiger partial charge in [0.25, 0.3) is 0 Å². The molecule has 114 valence electrons. The second-order valence-electron chi connectivity index (χ2n) is 5.59. The van der Waals surface area contributed by atoms with Gasteiger partial charge in [0.15, 0.2) is 0 Å². The van der Waals surface area contributed by atoms with Gasteiger partial charge < -0.3 is 10.6 Å². The molecule has 1 aliphatic heterocycles. The smallest absolute Gasteiger partial charge is 0.225 e. The average molecular weight is 298 g/mol. The summed E-state index contributed by atoms with van der Waals surface area (Å²) >= 11 is 0. The minimum absolute atomic E-state index is 0.00617. The van der Waals surface area contributed by atoms with E-state index in [4.69, 9.17) is 0 Å². The third-order valence-corrected chi connectivity index (χ3v) is 4.05. The van der Waals surface area contributed by atoms with Crippen molar-refractivity contribution in [1.82, 2.24) is 10.6 Å². The third kappa shape index (κ3) is 3.34. The van der Waals surface area contributed by atoms with E-state index in [0.717, 1.165) is 30.6 Å². The molecule has 2 aromatic rings. The summed E-state index contributed by atoms with van der Waals surface area (Å²) in [5.74, 6) is -0.225. The van der Waals surface area contributed by atoms with Crippen LogP contribution in [0.25, 0.3) is 0 Å². The van der Waals surface area contributed by atoms with Gasteiger partial charge >= 0.3 is 0 Å². The van der Waals surface area contributed by atoms with E-state index >= 15 is 0 Å². The zero-order valence-electron chi connectivity index (χ0n) is 12.3. The van der Waals surface area contributed by atoms with Crippen LogP contribution in [0.1, 0.15) is 23.6 Å². The first-order valence-electron chi connectivity index (χ1n) is 7.55. The van der Waals surface area contributed by atoms with Crippen LogP contribution in [0.2, 0.25) is 0 Å². The van der Waals surface area contributed by atoms with Gasteiger partial charge in [0.05, 0.1) is 12.0 Å². The topological polar surface area (TPSA) is 41.1 Å². The van der Waals surface area contributed by atoms with Gasteiger partial charge in [0.1, 0.15) is 5.82 Å². The zero-order chi connectivity index (χ0) is 15.4. The molecule has 0 saturated carbocycles. The normalized spacial score (nSPS) is 18.9. The van der Waals surface area contributed by atoms with E-state index in [9.17, 15) is 9.18 Å². The molecule has 4 heteroatoms. The van der Waals surface area contributed by atoms with Crippen molar-refractivity contribution in [3.63, 3.8) is 0 Å². The predicted molar refractivity (Wildman–Crippen MR) is 83.8 cm³/mol. The predicted octanol–water partition coefficient (Wildman–Crippen LogP) is 2.64. The monoisotopic (exact) mass is 298 g/mol. The van der Waals surface area contributed by atoms with E-state index < -0.39 is 0 Å². The van der Waals surface area contributed by atoms with E-state index in [0.29, 0.717) is 0 Å². The van der Waals surface area contributed by atoms with Crippen LogP contribution in [0.5, 0.6) is 0 Å². The van der Waals surface area contributed by atoms with Gasteiger partial charge in [-0.1, -0.05) is 42.5 Å². The Morgan fingerprint density at radius 3 is 2.41 bits per heavy atom. The van der Waals surface area contributed by atoms with Crippen LogP contribution in [-0.2, 0) is 4.79 Å². The lowest BCUT2D eigenvalue weighted by Gasteiger charge is -2.21. The summed E-state index contributed by atoms with van der Waals surface area (Å²) in [6, 6.07) is 15.8. The maximum Gasteiger partial charge on any atom is 0.225 e. The number of amides is 1. The van der Waals surface area contributed by atoms with Gasteiger partial charge in [-0.2, -0.15) is 0 Å². The van der Waals surface area contributed by atoms with Crippen molar-refractivity contribution in [1.29, 1.82) is 0 Å². The summed E-state index contributed by atoms with van der Waals surface area (Å²) in [6.07, 6.45) is 0.858. The van der Waals surface area contributed by atoms with Gasteiger partial charge in [-0.25, -0.2) is 4.39 Å². The van der Waals surface area contributed by atoms with Crippen LogP contribution in [0.15, 0.2) is 54.6 Å². The number of carbonyl (C=O) groups excluding carboxylic acids is 1. The molecule has 22 heavy (non-hydrogen) atoms. The van der Waals surface area contributed by atoms with Crippen LogP contribution in [0.4, 0.5) is 4.39 Å². The largest absolute Gasteiger partial charge is 0.345 e. The molecule has 3 nitrogen and oxygen atoms in total. The summed E-state index contributed by atoms with van der Waals surface area (Å²) < 4.78 is 13.2. The molecule has 0 spiro atoms. The van der Waals surface area contributed by atoms with E-state index in [1.54, 1.807) is 12.1 Å². The lowest BCUT2D eigenvalue weighted by atomic mass is 9.97. The van der Waals surface area contributed by atoms with Crippen LogP contribution >= 0.6 is 0 Å². The zero-order valence-corrected chi connectivity index (χ0v) is 12.3. The second-order valence-corrected chi connectivity index (χ2v) is 5.59. The lowest BCUT2D eigenvalue weighted by Crippen LogP contribution is -2.35. The highest BCUT2D eigenvalue weighted by atomic mass is 19.1. The van der Waals surface area contributed by atoms with Crippen molar-refractivity contribution in [2.45, 2.75) is 12.5 Å². The summed E-state index contributed by atoms with van der Waals surface area (Å²) in [5, 5.41) is 6.31. The van der Waals surface area contributed by atoms with Crippen molar-refractivity contribution in [2.24, 2.45) is 5.92 Å². The number of rotatable bonds is 4. The Morgan fingerprint density at radius 2 is 1.77 bits per heavy atom. The number of halogens is 1. The third-order valence-electron chi connectivity index (χ3n) is 4.05. The molecular formula is C18H19FN2O. The Hall–Kier alpha value is -2.20. The van der Waals surface area contributed by atoms with Crippen molar-refractivity contribution in [3.05, 3.63) is 71.5 Å². The molecule has 2 N–H and O–H groups in total. The SMILES string of the molecule is O=C(NC(c1ccccc1)c1ccc(F)cc1)C1CCNC1. The Kier molecular flexibility index (Phi) is 4.49. The first-order chi connectivity index (χ1) is 10.7. The molecule has 1 fully saturated rings. The second kappa shape index (κ2) is 6.71. The summed E-state index contributed by atoms with van der Waals surface area (Å²) in [5.41, 5.74) is 1.88. The lowest BCUT2D eigenvalue weighted by molar-refractivity contribution is -0.124. The Morgan fingerprint density at radius 1 is 1.09 bits per heavy atom. The van der Waals surface area contributed by atoms with E-state index in [2.05, 4.69) is 10.6 Å². The van der Waals surface area contributed by atoms with Gasteiger partial charge in [-0.3, -0.25) is 4.79 Å². The van der Waals surface area contributed by atoms with Gasteiger partial charge in [0, 0.05) is 6.54 Å². The van der Waals surface area contributed by atoms with E-state index in [1.807, 2.05) is 30.3 Å². The number of carbonyl (C=O) groups is 1. The molecule has 2 unspecified atom stereocenters. The molecule has 2 atom stereocenters. The van der Waals surface area contributed by atoms with Gasteiger partial charge in [-0.05, 0) is 36.2 Å². The summed E-state index contributed by atoms with van der Waals surface area (Å²) in [6.45, 7) is 1.60. The van der Waals surface area contributed by atoms with Crippen molar-refractivity contribution >= 4 is 5.91 Å². The minimum atomic E-state index is -0.276. The van der Waals surface area contributed by atoms with Crippen LogP contribution in [0, 0.1) is 11.7 Å². The fourth-order valence-electron chi connectivity index (χ4n) is 2.80. The first-order valence-corrected chi connectivity index (χ1v) is 7.55. The first kappa shape index (κ1) is 14.7. The molecule has 0 bridgehead atoms. The molecule has 1 amide bonds. The number of benzene rings is 2. The quantitative estimate of drug-likeness (QED) is 0.911. The Bertz CT molecular complexity index is 621. The molecule has 1 heterocycles. The summed E-state index contributed by atoms with van der Waals surface area (Å²) in [7, 11) is 0. The van der Waals surface area contributed by atoms with Gasteiger partial charge in [0.2, 0.25) is 5.91 Å². The molecule has 3 rings (SSSR count). The molecule has 0 aromatic heterocycles. The van der Waals surface area contributed by atoms with Crippen LogP contribution < -0.4 is 10.6 Å². The molecule has 2 aromatic carbocycles. The van der Waals surface area contributed by atoms with Crippen molar-refractivity contribution < 1.29 is 9.18 Å². The molecule has 0 radical (unpaired) electrons. The van der Waals surface area contributed by atoms with Crippen LogP contribution in [0.3, 0.4) is 0 Å². The number of nitrogens with one attached hydrogen (secondary N) is 2. The van der Waals surface area contributed by atoms with Crippen molar-refractivity contribution in [2.75, 3.05) is 13.1 Å². The number of hydrogen-bond acceptors (Lipinski definition) is 2. The highest BCUT2D eigenvalue weighted by Crippen LogP contribution is 2.23. The Labute approximate surface area is 129 Å². The van der Waals surface area contributed by atoms with Gasteiger partial charge in [-0.15, -0.1) is 0 Å². The summed E-state index contributed by atoms with van der Waals surface area (Å²) in [4.78, 5) is 12.4. The van der Waals surface area contributed by atoms with Crippen molar-refractivity contribution in [3.8, 4) is 0 Å².